The van der Waals surface area contributed by atoms with Gasteiger partial charge in [0, 0.05) is 0 Å². The number of hydrogen-bond acceptors (Lipinski definition) is 6. The summed E-state index contributed by atoms with van der Waals surface area (Å²) >= 11 is 0. The lowest BCUT2D eigenvalue weighted by Gasteiger charge is -1.91. The topological polar surface area (TPSA) is 228 Å². The van der Waals surface area contributed by atoms with Crippen LogP contribution in [0.3, 0.4) is 0 Å². The first-order valence-corrected chi connectivity index (χ1v) is 5.93. The summed E-state index contributed by atoms with van der Waals surface area (Å²) in [5, 5.41) is 14.1. The van der Waals surface area contributed by atoms with E-state index >= 15 is 0 Å². The summed E-state index contributed by atoms with van der Waals surface area (Å²) in [6.45, 7) is 1.86. The summed E-state index contributed by atoms with van der Waals surface area (Å²) in [7, 11) is -4.67. The molecule has 0 rings (SSSR count). The molecule has 0 saturated carbocycles. The van der Waals surface area contributed by atoms with Crippen LogP contribution < -0.4 is 22.9 Å². The van der Waals surface area contributed by atoms with E-state index in [2.05, 4.69) is 20.4 Å². The molecule has 0 radical (unpaired) electrons. The minimum Gasteiger partial charge on any atom is -0.369 e. The molecule has 0 aromatic rings. The van der Waals surface area contributed by atoms with Crippen molar-refractivity contribution in [3.05, 3.63) is 0 Å². The van der Waals surface area contributed by atoms with E-state index in [0.29, 0.717) is 12.1 Å². The van der Waals surface area contributed by atoms with Gasteiger partial charge in [0.15, 0.2) is 0 Å². The summed E-state index contributed by atoms with van der Waals surface area (Å²) in [6, 6.07) is 0. The highest BCUT2D eigenvalue weighted by atomic mass is 32.3. The second-order valence-corrected chi connectivity index (χ2v) is 3.58. The van der Waals surface area contributed by atoms with Gasteiger partial charge in [0.2, 0.25) is 11.9 Å². The zero-order valence-corrected chi connectivity index (χ0v) is 10.8. The summed E-state index contributed by atoms with van der Waals surface area (Å²) in [4.78, 5) is 0. The zero-order valence-electron chi connectivity index (χ0n) is 10.0. The molecular weight excluding hydrogens is 280 g/mol. The lowest BCUT2D eigenvalue weighted by atomic mass is 10.3. The molecule has 110 valence electrons. The summed E-state index contributed by atoms with van der Waals surface area (Å²) < 4.78 is 31.6. The van der Waals surface area contributed by atoms with Crippen molar-refractivity contribution < 1.29 is 17.5 Å². The molecule has 0 heterocycles. The van der Waals surface area contributed by atoms with Crippen LogP contribution in [0.1, 0.15) is 13.3 Å². The van der Waals surface area contributed by atoms with Crippen LogP contribution in [0, 0.1) is 0 Å². The van der Waals surface area contributed by atoms with Gasteiger partial charge in [0.1, 0.15) is 0 Å². The average Bonchev–Trinajstić information content (AvgIpc) is 2.19. The fourth-order valence-electron chi connectivity index (χ4n) is 0.472. The van der Waals surface area contributed by atoms with Crippen molar-refractivity contribution in [2.75, 3.05) is 0 Å². The fourth-order valence-corrected chi connectivity index (χ4v) is 0.472. The monoisotopic (exact) mass is 296 g/mol. The Bertz CT molecular complexity index is 463. The lowest BCUT2D eigenvalue weighted by molar-refractivity contribution is 0.381. The van der Waals surface area contributed by atoms with Crippen LogP contribution in [-0.4, -0.2) is 41.4 Å². The maximum absolute atomic E-state index is 8.74. The van der Waals surface area contributed by atoms with Gasteiger partial charge < -0.3 is 22.9 Å². The second-order valence-electron chi connectivity index (χ2n) is 2.69. The molecule has 19 heavy (non-hydrogen) atoms. The van der Waals surface area contributed by atoms with E-state index < -0.39 is 10.4 Å². The molecule has 0 unspecified atom stereocenters. The van der Waals surface area contributed by atoms with Gasteiger partial charge in [0.05, 0.1) is 11.9 Å². The van der Waals surface area contributed by atoms with Gasteiger partial charge in [-0.1, -0.05) is 6.92 Å². The summed E-state index contributed by atoms with van der Waals surface area (Å²) in [5.41, 5.74) is 20.8. The largest absolute Gasteiger partial charge is 0.394 e. The number of guanidine groups is 2. The van der Waals surface area contributed by atoms with Crippen LogP contribution in [0.5, 0.6) is 0 Å². The Morgan fingerprint density at radius 2 is 1.47 bits per heavy atom. The number of hydrogen-bond donors (Lipinski definition) is 6. The van der Waals surface area contributed by atoms with Crippen LogP contribution in [0.25, 0.3) is 0 Å². The Hall–Kier alpha value is -2.25. The van der Waals surface area contributed by atoms with Crippen molar-refractivity contribution in [1.82, 2.24) is 0 Å². The highest BCUT2D eigenvalue weighted by Gasteiger charge is 1.89. The number of nitrogens with two attached hydrogens (primary N) is 4. The predicted octanol–water partition coefficient (Wildman–Crippen LogP) is -2.37. The Morgan fingerprint density at radius 1 is 1.05 bits per heavy atom. The van der Waals surface area contributed by atoms with Crippen molar-refractivity contribution in [1.29, 1.82) is 0 Å². The van der Waals surface area contributed by atoms with Gasteiger partial charge in [-0.15, -0.1) is 10.2 Å². The molecule has 0 aliphatic carbocycles. The van der Waals surface area contributed by atoms with Gasteiger partial charge in [-0.05, 0) is 6.42 Å². The average molecular weight is 296 g/mol. The highest BCUT2D eigenvalue weighted by Crippen LogP contribution is 1.84. The van der Waals surface area contributed by atoms with Crippen molar-refractivity contribution in [2.45, 2.75) is 13.3 Å². The molecule has 0 aromatic carbocycles. The molecule has 12 nitrogen and oxygen atoms in total. The maximum atomic E-state index is 8.74. The Kier molecular flexibility index (Phi) is 9.80. The summed E-state index contributed by atoms with van der Waals surface area (Å²) in [6.07, 6.45) is 1.98. The van der Waals surface area contributed by atoms with Gasteiger partial charge in [-0.25, -0.2) is 0 Å². The quantitative estimate of drug-likeness (QED) is 0.142. The highest BCUT2D eigenvalue weighted by molar-refractivity contribution is 7.79. The standard InChI is InChI=1S/C6H14N8.H2O4S/c1-2-4(12-14-6(9)10)3-11-13-5(7)8;1-5(2,3)4/h3H,2H2,1H3,(H4,7,8,13)(H4,9,10,14);(H2,1,2,3,4)/b11-3+,12-4+;. The molecule has 10 N–H and O–H groups in total. The van der Waals surface area contributed by atoms with Crippen LogP contribution in [0.15, 0.2) is 20.4 Å². The first-order chi connectivity index (χ1) is 8.56. The number of rotatable bonds is 4. The van der Waals surface area contributed by atoms with Crippen molar-refractivity contribution >= 4 is 34.2 Å². The molecule has 0 fully saturated rings. The minimum atomic E-state index is -4.67. The third-order valence-electron chi connectivity index (χ3n) is 1.04. The zero-order chi connectivity index (χ0) is 15.5. The minimum absolute atomic E-state index is 0.119. The van der Waals surface area contributed by atoms with Crippen LogP contribution in [0.2, 0.25) is 0 Å². The van der Waals surface area contributed by atoms with Gasteiger partial charge in [-0.3, -0.25) is 9.11 Å². The molecule has 0 bridgehead atoms. The maximum Gasteiger partial charge on any atom is 0.394 e. The van der Waals surface area contributed by atoms with E-state index in [1.165, 1.54) is 6.21 Å². The molecule has 0 aromatic heterocycles. The van der Waals surface area contributed by atoms with Gasteiger partial charge >= 0.3 is 10.4 Å². The van der Waals surface area contributed by atoms with Gasteiger partial charge in [-0.2, -0.15) is 18.6 Å². The van der Waals surface area contributed by atoms with E-state index in [1.807, 2.05) is 6.92 Å². The van der Waals surface area contributed by atoms with E-state index in [0.717, 1.165) is 0 Å². The van der Waals surface area contributed by atoms with E-state index in [9.17, 15) is 0 Å². The predicted molar refractivity (Wildman–Crippen MR) is 72.0 cm³/mol. The second kappa shape index (κ2) is 9.75. The van der Waals surface area contributed by atoms with E-state index in [4.69, 9.17) is 40.5 Å². The molecular formula is C6H16N8O4S. The Morgan fingerprint density at radius 3 is 1.79 bits per heavy atom. The normalized spacial score (nSPS) is 11.4. The molecule has 0 spiro atoms. The fraction of sp³-hybridized carbons (Fsp3) is 0.333. The molecule has 0 amide bonds. The third-order valence-corrected chi connectivity index (χ3v) is 1.04. The van der Waals surface area contributed by atoms with Crippen molar-refractivity contribution in [2.24, 2.45) is 43.3 Å². The smallest absolute Gasteiger partial charge is 0.369 e. The molecule has 0 aliphatic rings. The summed E-state index contributed by atoms with van der Waals surface area (Å²) in [5.74, 6) is -0.246. The SMILES string of the molecule is CCC(/C=N/N=C(N)N)=N\N=C(N)N.O=S(=O)(O)O. The molecule has 13 heteroatoms. The molecule has 0 saturated heterocycles. The van der Waals surface area contributed by atoms with E-state index in [-0.39, 0.29) is 11.9 Å². The first kappa shape index (κ1) is 19.1. The van der Waals surface area contributed by atoms with Crippen LogP contribution in [-0.2, 0) is 10.4 Å². The van der Waals surface area contributed by atoms with Crippen LogP contribution >= 0.6 is 0 Å². The lowest BCUT2D eigenvalue weighted by Crippen LogP contribution is -2.22. The van der Waals surface area contributed by atoms with Crippen molar-refractivity contribution in [3.8, 4) is 0 Å². The molecule has 0 aliphatic heterocycles. The van der Waals surface area contributed by atoms with Crippen LogP contribution in [0.4, 0.5) is 0 Å². The molecule has 0 atom stereocenters. The first-order valence-electron chi connectivity index (χ1n) is 4.53. The third kappa shape index (κ3) is 25.8. The number of nitrogens with zero attached hydrogens (tertiary/aromatic N) is 4. The Labute approximate surface area is 109 Å². The van der Waals surface area contributed by atoms with Gasteiger partial charge in [0.25, 0.3) is 0 Å². The Balaban J connectivity index is 0. The van der Waals surface area contributed by atoms with E-state index in [1.54, 1.807) is 0 Å². The van der Waals surface area contributed by atoms with Crippen molar-refractivity contribution in [3.63, 3.8) is 0 Å².